The molecule has 1 saturated heterocycles. The molecule has 0 bridgehead atoms. The molecule has 1 heterocycles. The van der Waals surface area contributed by atoms with Crippen LogP contribution in [0.25, 0.3) is 0 Å². The molecule has 0 amide bonds. The van der Waals surface area contributed by atoms with Gasteiger partial charge in [0.25, 0.3) is 0 Å². The van der Waals surface area contributed by atoms with Gasteiger partial charge in [-0.15, -0.1) is 0 Å². The highest BCUT2D eigenvalue weighted by molar-refractivity contribution is 4.84. The van der Waals surface area contributed by atoms with Crippen molar-refractivity contribution in [3.05, 3.63) is 0 Å². The molecule has 2 heteroatoms. The van der Waals surface area contributed by atoms with E-state index in [1.54, 1.807) is 0 Å². The molecule has 9 heavy (non-hydrogen) atoms. The van der Waals surface area contributed by atoms with Crippen LogP contribution in [0.2, 0.25) is 0 Å². The van der Waals surface area contributed by atoms with E-state index >= 15 is 0 Å². The van der Waals surface area contributed by atoms with Gasteiger partial charge in [0.2, 0.25) is 0 Å². The fourth-order valence-electron chi connectivity index (χ4n) is 0.764. The standard InChI is InChI=1S/C7H15NO/c1-5-6(9-5)8-7(2,3)4/h5-6,8H,1-4H3. The first-order valence-electron chi connectivity index (χ1n) is 3.42. The minimum absolute atomic E-state index is 0.190. The van der Waals surface area contributed by atoms with E-state index < -0.39 is 0 Å². The molecular formula is C7H15NO. The van der Waals surface area contributed by atoms with E-state index in [0.717, 1.165) is 0 Å². The highest BCUT2D eigenvalue weighted by atomic mass is 16.6. The van der Waals surface area contributed by atoms with Crippen molar-refractivity contribution in [1.82, 2.24) is 5.32 Å². The molecule has 0 aliphatic carbocycles. The number of ether oxygens (including phenoxy) is 1. The third-order valence-corrected chi connectivity index (χ3v) is 1.29. The summed E-state index contributed by atoms with van der Waals surface area (Å²) in [6.07, 6.45) is 0.731. The molecule has 0 aromatic heterocycles. The van der Waals surface area contributed by atoms with Gasteiger partial charge in [0.15, 0.2) is 0 Å². The van der Waals surface area contributed by atoms with Crippen molar-refractivity contribution in [2.24, 2.45) is 0 Å². The van der Waals surface area contributed by atoms with Gasteiger partial charge in [0.05, 0.1) is 6.10 Å². The number of hydrogen-bond donors (Lipinski definition) is 1. The van der Waals surface area contributed by atoms with Crippen LogP contribution in [0.4, 0.5) is 0 Å². The largest absolute Gasteiger partial charge is 0.354 e. The quantitative estimate of drug-likeness (QED) is 0.536. The lowest BCUT2D eigenvalue weighted by molar-refractivity contribution is 0.299. The first-order chi connectivity index (χ1) is 3.99. The maximum absolute atomic E-state index is 5.18. The van der Waals surface area contributed by atoms with Crippen LogP contribution in [0.5, 0.6) is 0 Å². The van der Waals surface area contributed by atoms with Crippen molar-refractivity contribution in [2.75, 3.05) is 0 Å². The summed E-state index contributed by atoms with van der Waals surface area (Å²) in [5.41, 5.74) is 0.190. The van der Waals surface area contributed by atoms with Gasteiger partial charge in [-0.1, -0.05) is 0 Å². The second-order valence-corrected chi connectivity index (χ2v) is 3.66. The summed E-state index contributed by atoms with van der Waals surface area (Å²) in [7, 11) is 0. The van der Waals surface area contributed by atoms with Gasteiger partial charge in [-0.3, -0.25) is 5.32 Å². The molecule has 0 spiro atoms. The van der Waals surface area contributed by atoms with Crippen LogP contribution < -0.4 is 5.32 Å². The topological polar surface area (TPSA) is 24.6 Å². The maximum Gasteiger partial charge on any atom is 0.135 e. The lowest BCUT2D eigenvalue weighted by atomic mass is 10.1. The zero-order chi connectivity index (χ0) is 7.07. The SMILES string of the molecule is CC1OC1NC(C)(C)C. The van der Waals surface area contributed by atoms with E-state index in [0.29, 0.717) is 12.3 Å². The Hall–Kier alpha value is -0.0800. The molecule has 2 nitrogen and oxygen atoms in total. The third kappa shape index (κ3) is 2.33. The van der Waals surface area contributed by atoms with Crippen molar-refractivity contribution in [3.63, 3.8) is 0 Å². The minimum Gasteiger partial charge on any atom is -0.354 e. The van der Waals surface area contributed by atoms with Crippen LogP contribution in [0.15, 0.2) is 0 Å². The van der Waals surface area contributed by atoms with Gasteiger partial charge < -0.3 is 4.74 Å². The summed E-state index contributed by atoms with van der Waals surface area (Å²) >= 11 is 0. The summed E-state index contributed by atoms with van der Waals surface area (Å²) in [5.74, 6) is 0. The fraction of sp³-hybridized carbons (Fsp3) is 1.00. The second-order valence-electron chi connectivity index (χ2n) is 3.66. The molecule has 0 aromatic rings. The minimum atomic E-state index is 0.190. The highest BCUT2D eigenvalue weighted by Gasteiger charge is 2.36. The van der Waals surface area contributed by atoms with Crippen LogP contribution >= 0.6 is 0 Å². The van der Waals surface area contributed by atoms with E-state index in [1.807, 2.05) is 0 Å². The van der Waals surface area contributed by atoms with Gasteiger partial charge in [-0.25, -0.2) is 0 Å². The van der Waals surface area contributed by atoms with Crippen molar-refractivity contribution < 1.29 is 4.74 Å². The Morgan fingerprint density at radius 1 is 1.33 bits per heavy atom. The maximum atomic E-state index is 5.18. The van der Waals surface area contributed by atoms with Gasteiger partial charge >= 0.3 is 0 Å². The molecule has 0 saturated carbocycles. The van der Waals surface area contributed by atoms with Crippen molar-refractivity contribution in [3.8, 4) is 0 Å². The average Bonchev–Trinajstić information content (AvgIpc) is 2.13. The molecule has 1 rings (SSSR count). The first-order valence-corrected chi connectivity index (χ1v) is 3.42. The van der Waals surface area contributed by atoms with Gasteiger partial charge in [-0.2, -0.15) is 0 Å². The number of nitrogens with one attached hydrogen (secondary N) is 1. The monoisotopic (exact) mass is 129 g/mol. The van der Waals surface area contributed by atoms with E-state index in [9.17, 15) is 0 Å². The molecule has 2 unspecified atom stereocenters. The van der Waals surface area contributed by atoms with Gasteiger partial charge in [0, 0.05) is 5.54 Å². The lowest BCUT2D eigenvalue weighted by Crippen LogP contribution is -2.38. The van der Waals surface area contributed by atoms with Crippen LogP contribution in [-0.2, 0) is 4.74 Å². The van der Waals surface area contributed by atoms with E-state index in [-0.39, 0.29) is 5.54 Å². The Morgan fingerprint density at radius 3 is 1.89 bits per heavy atom. The van der Waals surface area contributed by atoms with Crippen molar-refractivity contribution in [1.29, 1.82) is 0 Å². The number of rotatable bonds is 1. The Morgan fingerprint density at radius 2 is 1.78 bits per heavy atom. The predicted octanol–water partition coefficient (Wildman–Crippen LogP) is 1.12. The summed E-state index contributed by atoms with van der Waals surface area (Å²) in [4.78, 5) is 0. The molecule has 2 atom stereocenters. The van der Waals surface area contributed by atoms with Gasteiger partial charge in [0.1, 0.15) is 6.23 Å². The molecule has 0 aromatic carbocycles. The molecule has 54 valence electrons. The molecule has 1 N–H and O–H groups in total. The second kappa shape index (κ2) is 1.96. The zero-order valence-electron chi connectivity index (χ0n) is 6.56. The Balaban J connectivity index is 2.19. The molecule has 0 radical (unpaired) electrons. The smallest absolute Gasteiger partial charge is 0.135 e. The summed E-state index contributed by atoms with van der Waals surface area (Å²) in [5, 5.41) is 3.32. The zero-order valence-corrected chi connectivity index (χ0v) is 6.56. The number of epoxide rings is 1. The summed E-state index contributed by atoms with van der Waals surface area (Å²) < 4.78 is 5.18. The predicted molar refractivity (Wildman–Crippen MR) is 37.2 cm³/mol. The molecule has 1 aliphatic rings. The summed E-state index contributed by atoms with van der Waals surface area (Å²) in [6.45, 7) is 8.49. The van der Waals surface area contributed by atoms with E-state index in [4.69, 9.17) is 4.74 Å². The van der Waals surface area contributed by atoms with Crippen LogP contribution in [0.3, 0.4) is 0 Å². The molecule has 1 fully saturated rings. The summed E-state index contributed by atoms with van der Waals surface area (Å²) in [6, 6.07) is 0. The number of hydrogen-bond acceptors (Lipinski definition) is 2. The third-order valence-electron chi connectivity index (χ3n) is 1.29. The van der Waals surface area contributed by atoms with Crippen LogP contribution in [0, 0.1) is 0 Å². The van der Waals surface area contributed by atoms with Crippen molar-refractivity contribution >= 4 is 0 Å². The highest BCUT2D eigenvalue weighted by Crippen LogP contribution is 2.20. The lowest BCUT2D eigenvalue weighted by Gasteiger charge is -2.18. The Bertz CT molecular complexity index is 106. The Labute approximate surface area is 56.6 Å². The average molecular weight is 129 g/mol. The fourth-order valence-corrected chi connectivity index (χ4v) is 0.764. The first kappa shape index (κ1) is 7.03. The molecular weight excluding hydrogens is 114 g/mol. The van der Waals surface area contributed by atoms with E-state index in [1.165, 1.54) is 0 Å². The van der Waals surface area contributed by atoms with Crippen molar-refractivity contribution in [2.45, 2.75) is 45.6 Å². The Kier molecular flexibility index (Phi) is 1.53. The molecule has 1 aliphatic heterocycles. The van der Waals surface area contributed by atoms with Crippen LogP contribution in [-0.4, -0.2) is 17.9 Å². The van der Waals surface area contributed by atoms with Crippen LogP contribution in [0.1, 0.15) is 27.7 Å². The van der Waals surface area contributed by atoms with E-state index in [2.05, 4.69) is 33.0 Å². The normalized spacial score (nSPS) is 34.7. The van der Waals surface area contributed by atoms with Gasteiger partial charge in [-0.05, 0) is 27.7 Å².